The van der Waals surface area contributed by atoms with Gasteiger partial charge in [-0.2, -0.15) is 0 Å². The zero-order valence-electron chi connectivity index (χ0n) is 13.0. The number of benzene rings is 2. The van der Waals surface area contributed by atoms with Crippen LogP contribution in [0.5, 0.6) is 0 Å². The van der Waals surface area contributed by atoms with Crippen molar-refractivity contribution < 1.29 is 4.74 Å². The SMILES string of the molecule is COCc1ccc(CNC(C)CCc2ccccc2)cc1. The molecule has 1 N–H and O–H groups in total. The van der Waals surface area contributed by atoms with E-state index in [1.165, 1.54) is 16.7 Å². The molecule has 0 fully saturated rings. The molecule has 0 aliphatic carbocycles. The van der Waals surface area contributed by atoms with Gasteiger partial charge in [-0.25, -0.2) is 0 Å². The number of hydrogen-bond donors (Lipinski definition) is 1. The molecule has 21 heavy (non-hydrogen) atoms. The van der Waals surface area contributed by atoms with Gasteiger partial charge in [0.2, 0.25) is 0 Å². The number of methoxy groups -OCH3 is 1. The number of rotatable bonds is 8. The molecule has 0 amide bonds. The molecule has 0 heterocycles. The number of hydrogen-bond acceptors (Lipinski definition) is 2. The smallest absolute Gasteiger partial charge is 0.0713 e. The minimum absolute atomic E-state index is 0.517. The van der Waals surface area contributed by atoms with Crippen molar-refractivity contribution >= 4 is 0 Å². The van der Waals surface area contributed by atoms with E-state index in [1.807, 2.05) is 0 Å². The molecule has 0 spiro atoms. The molecule has 2 rings (SSSR count). The van der Waals surface area contributed by atoms with Gasteiger partial charge in [0.25, 0.3) is 0 Å². The molecule has 0 bridgehead atoms. The number of ether oxygens (including phenoxy) is 1. The molecular weight excluding hydrogens is 258 g/mol. The molecule has 1 unspecified atom stereocenters. The Labute approximate surface area is 128 Å². The van der Waals surface area contributed by atoms with E-state index >= 15 is 0 Å². The Bertz CT molecular complexity index is 507. The first kappa shape index (κ1) is 15.7. The van der Waals surface area contributed by atoms with Gasteiger partial charge in [0, 0.05) is 19.7 Å². The van der Waals surface area contributed by atoms with Crippen molar-refractivity contribution in [1.82, 2.24) is 5.32 Å². The summed E-state index contributed by atoms with van der Waals surface area (Å²) in [5.41, 5.74) is 3.95. The lowest BCUT2D eigenvalue weighted by Crippen LogP contribution is -2.25. The lowest BCUT2D eigenvalue weighted by molar-refractivity contribution is 0.185. The van der Waals surface area contributed by atoms with Crippen molar-refractivity contribution in [2.45, 2.75) is 39.0 Å². The van der Waals surface area contributed by atoms with Crippen LogP contribution in [0.25, 0.3) is 0 Å². The summed E-state index contributed by atoms with van der Waals surface area (Å²) in [6.45, 7) is 3.85. The highest BCUT2D eigenvalue weighted by Crippen LogP contribution is 2.08. The predicted molar refractivity (Wildman–Crippen MR) is 88.2 cm³/mol. The third-order valence-corrected chi connectivity index (χ3v) is 3.70. The van der Waals surface area contributed by atoms with Crippen molar-refractivity contribution in [3.63, 3.8) is 0 Å². The van der Waals surface area contributed by atoms with E-state index in [2.05, 4.69) is 66.8 Å². The van der Waals surface area contributed by atoms with E-state index in [1.54, 1.807) is 7.11 Å². The van der Waals surface area contributed by atoms with E-state index in [0.717, 1.165) is 19.4 Å². The Morgan fingerprint density at radius 3 is 2.24 bits per heavy atom. The minimum atomic E-state index is 0.517. The Morgan fingerprint density at radius 2 is 1.57 bits per heavy atom. The zero-order valence-corrected chi connectivity index (χ0v) is 13.0. The number of nitrogens with one attached hydrogen (secondary N) is 1. The monoisotopic (exact) mass is 283 g/mol. The Morgan fingerprint density at radius 1 is 0.905 bits per heavy atom. The van der Waals surface area contributed by atoms with Gasteiger partial charge in [-0.3, -0.25) is 0 Å². The second kappa shape index (κ2) is 8.60. The van der Waals surface area contributed by atoms with Gasteiger partial charge in [0.15, 0.2) is 0 Å². The molecule has 2 heteroatoms. The molecule has 0 radical (unpaired) electrons. The molecule has 0 aliphatic heterocycles. The average molecular weight is 283 g/mol. The maximum atomic E-state index is 5.12. The molecule has 2 aromatic rings. The van der Waals surface area contributed by atoms with Crippen LogP contribution in [0.15, 0.2) is 54.6 Å². The summed E-state index contributed by atoms with van der Waals surface area (Å²) in [6, 6.07) is 19.8. The summed E-state index contributed by atoms with van der Waals surface area (Å²) in [4.78, 5) is 0. The Kier molecular flexibility index (Phi) is 6.45. The molecule has 0 saturated heterocycles. The fraction of sp³-hybridized carbons (Fsp3) is 0.368. The molecule has 1 atom stereocenters. The molecule has 112 valence electrons. The van der Waals surface area contributed by atoms with Gasteiger partial charge in [-0.1, -0.05) is 54.6 Å². The normalized spacial score (nSPS) is 12.3. The maximum Gasteiger partial charge on any atom is 0.0713 e. The molecular formula is C19H25NO. The quantitative estimate of drug-likeness (QED) is 0.792. The Balaban J connectivity index is 1.72. The molecule has 2 nitrogen and oxygen atoms in total. The second-order valence-electron chi connectivity index (χ2n) is 5.56. The third kappa shape index (κ3) is 5.70. The highest BCUT2D eigenvalue weighted by Gasteiger charge is 2.02. The summed E-state index contributed by atoms with van der Waals surface area (Å²) < 4.78 is 5.12. The van der Waals surface area contributed by atoms with Crippen molar-refractivity contribution in [1.29, 1.82) is 0 Å². The van der Waals surface area contributed by atoms with E-state index in [0.29, 0.717) is 12.6 Å². The largest absolute Gasteiger partial charge is 0.380 e. The van der Waals surface area contributed by atoms with Crippen LogP contribution in [0.1, 0.15) is 30.0 Å². The average Bonchev–Trinajstić information content (AvgIpc) is 2.53. The fourth-order valence-electron chi connectivity index (χ4n) is 2.34. The minimum Gasteiger partial charge on any atom is -0.380 e. The van der Waals surface area contributed by atoms with Gasteiger partial charge in [0.1, 0.15) is 0 Å². The van der Waals surface area contributed by atoms with E-state index in [4.69, 9.17) is 4.74 Å². The van der Waals surface area contributed by atoms with Crippen LogP contribution in [-0.4, -0.2) is 13.2 Å². The van der Waals surface area contributed by atoms with Crippen molar-refractivity contribution in [2.75, 3.05) is 7.11 Å². The fourth-order valence-corrected chi connectivity index (χ4v) is 2.34. The lowest BCUT2D eigenvalue weighted by Gasteiger charge is -2.14. The Hall–Kier alpha value is -1.64. The van der Waals surface area contributed by atoms with Crippen molar-refractivity contribution in [3.05, 3.63) is 71.3 Å². The lowest BCUT2D eigenvalue weighted by atomic mass is 10.1. The molecule has 0 aromatic heterocycles. The molecule has 0 aliphatic rings. The number of aryl methyl sites for hydroxylation is 1. The van der Waals surface area contributed by atoms with E-state index in [-0.39, 0.29) is 0 Å². The van der Waals surface area contributed by atoms with Gasteiger partial charge in [-0.15, -0.1) is 0 Å². The van der Waals surface area contributed by atoms with Crippen LogP contribution in [0.4, 0.5) is 0 Å². The van der Waals surface area contributed by atoms with Crippen LogP contribution in [0.2, 0.25) is 0 Å². The van der Waals surface area contributed by atoms with Crippen LogP contribution >= 0.6 is 0 Å². The van der Waals surface area contributed by atoms with Crippen molar-refractivity contribution in [3.8, 4) is 0 Å². The summed E-state index contributed by atoms with van der Waals surface area (Å²) in [5.74, 6) is 0. The van der Waals surface area contributed by atoms with E-state index < -0.39 is 0 Å². The molecule has 0 saturated carbocycles. The van der Waals surface area contributed by atoms with Gasteiger partial charge in [-0.05, 0) is 36.5 Å². The van der Waals surface area contributed by atoms with Crippen LogP contribution in [-0.2, 0) is 24.3 Å². The molecule has 2 aromatic carbocycles. The highest BCUT2D eigenvalue weighted by atomic mass is 16.5. The van der Waals surface area contributed by atoms with Crippen molar-refractivity contribution in [2.24, 2.45) is 0 Å². The first-order chi connectivity index (χ1) is 10.3. The first-order valence-corrected chi connectivity index (χ1v) is 7.62. The summed E-state index contributed by atoms with van der Waals surface area (Å²) in [6.07, 6.45) is 2.29. The maximum absolute atomic E-state index is 5.12. The van der Waals surface area contributed by atoms with Gasteiger partial charge < -0.3 is 10.1 Å². The van der Waals surface area contributed by atoms with E-state index in [9.17, 15) is 0 Å². The second-order valence-corrected chi connectivity index (χ2v) is 5.56. The van der Waals surface area contributed by atoms with Gasteiger partial charge in [0.05, 0.1) is 6.61 Å². The third-order valence-electron chi connectivity index (χ3n) is 3.70. The predicted octanol–water partition coefficient (Wildman–Crippen LogP) is 3.94. The van der Waals surface area contributed by atoms with Crippen LogP contribution < -0.4 is 5.32 Å². The van der Waals surface area contributed by atoms with Gasteiger partial charge >= 0.3 is 0 Å². The standard InChI is InChI=1S/C19H25NO/c1-16(8-9-17-6-4-3-5-7-17)20-14-18-10-12-19(13-11-18)15-21-2/h3-7,10-13,16,20H,8-9,14-15H2,1-2H3. The summed E-state index contributed by atoms with van der Waals surface area (Å²) in [7, 11) is 1.73. The topological polar surface area (TPSA) is 21.3 Å². The van der Waals surface area contributed by atoms with Crippen LogP contribution in [0, 0.1) is 0 Å². The van der Waals surface area contributed by atoms with Crippen LogP contribution in [0.3, 0.4) is 0 Å². The summed E-state index contributed by atoms with van der Waals surface area (Å²) >= 11 is 0. The zero-order chi connectivity index (χ0) is 14.9. The highest BCUT2D eigenvalue weighted by molar-refractivity contribution is 5.22. The first-order valence-electron chi connectivity index (χ1n) is 7.62. The summed E-state index contributed by atoms with van der Waals surface area (Å²) in [5, 5.41) is 3.59.